The molecule has 0 aromatic carbocycles. The van der Waals surface area contributed by atoms with Gasteiger partial charge in [0.1, 0.15) is 0 Å². The Labute approximate surface area is 77.5 Å². The highest BCUT2D eigenvalue weighted by atomic mass is 16.2. The number of imide groups is 1. The van der Waals surface area contributed by atoms with Crippen LogP contribution in [0.3, 0.4) is 0 Å². The number of hydrogen-bond acceptors (Lipinski definition) is 4. The molecule has 0 aromatic heterocycles. The van der Waals surface area contributed by atoms with Crippen LogP contribution in [0, 0.1) is 0 Å². The van der Waals surface area contributed by atoms with Crippen LogP contribution in [0.1, 0.15) is 6.42 Å². The Morgan fingerprint density at radius 1 is 1.62 bits per heavy atom. The van der Waals surface area contributed by atoms with Gasteiger partial charge in [-0.1, -0.05) is 0 Å². The molecule has 1 rings (SSSR count). The van der Waals surface area contributed by atoms with Crippen LogP contribution in [0.2, 0.25) is 0 Å². The van der Waals surface area contributed by atoms with E-state index in [0.29, 0.717) is 13.1 Å². The van der Waals surface area contributed by atoms with Gasteiger partial charge in [0, 0.05) is 20.1 Å². The number of amides is 2. The van der Waals surface area contributed by atoms with E-state index in [2.05, 4.69) is 0 Å². The fourth-order valence-corrected chi connectivity index (χ4v) is 1.44. The molecule has 0 aromatic rings. The number of likely N-dealkylation sites (tertiary alicyclic amines) is 1. The van der Waals surface area contributed by atoms with E-state index in [1.807, 2.05) is 11.9 Å². The van der Waals surface area contributed by atoms with Crippen molar-refractivity contribution in [1.29, 1.82) is 0 Å². The van der Waals surface area contributed by atoms with Gasteiger partial charge in [-0.15, -0.1) is 0 Å². The Hall–Kier alpha value is -0.940. The average Bonchev–Trinajstić information content (AvgIpc) is 2.33. The van der Waals surface area contributed by atoms with Gasteiger partial charge in [-0.3, -0.25) is 19.4 Å². The monoisotopic (exact) mass is 185 g/mol. The first-order valence-electron chi connectivity index (χ1n) is 4.28. The Bertz CT molecular complexity index is 229. The van der Waals surface area contributed by atoms with E-state index in [-0.39, 0.29) is 24.3 Å². The molecule has 1 saturated heterocycles. The highest BCUT2D eigenvalue weighted by Gasteiger charge is 2.37. The second-order valence-corrected chi connectivity index (χ2v) is 3.28. The quantitative estimate of drug-likeness (QED) is 0.551. The highest BCUT2D eigenvalue weighted by molar-refractivity contribution is 6.05. The molecule has 1 aliphatic heterocycles. The van der Waals surface area contributed by atoms with Crippen molar-refractivity contribution in [1.82, 2.24) is 9.80 Å². The van der Waals surface area contributed by atoms with E-state index >= 15 is 0 Å². The maximum Gasteiger partial charge on any atom is 0.246 e. The summed E-state index contributed by atoms with van der Waals surface area (Å²) in [6.07, 6.45) is 0.284. The van der Waals surface area contributed by atoms with Gasteiger partial charge in [0.15, 0.2) is 0 Å². The van der Waals surface area contributed by atoms with Crippen molar-refractivity contribution in [3.05, 3.63) is 0 Å². The zero-order chi connectivity index (χ0) is 10.0. The van der Waals surface area contributed by atoms with Crippen molar-refractivity contribution < 1.29 is 9.59 Å². The first-order chi connectivity index (χ1) is 6.07. The molecular weight excluding hydrogens is 170 g/mol. The average molecular weight is 185 g/mol. The molecule has 0 radical (unpaired) electrons. The third-order valence-electron chi connectivity index (χ3n) is 2.37. The van der Waals surface area contributed by atoms with E-state index in [1.165, 1.54) is 11.9 Å². The van der Waals surface area contributed by atoms with E-state index in [0.717, 1.165) is 0 Å². The molecule has 0 saturated carbocycles. The number of nitrogens with two attached hydrogens (primary N) is 1. The highest BCUT2D eigenvalue weighted by Crippen LogP contribution is 2.15. The number of nitrogens with zero attached hydrogens (tertiary/aromatic N) is 2. The fraction of sp³-hybridized carbons (Fsp3) is 0.750. The molecular formula is C8H15N3O2. The zero-order valence-corrected chi connectivity index (χ0v) is 7.99. The molecule has 5 heteroatoms. The Morgan fingerprint density at radius 2 is 2.23 bits per heavy atom. The first kappa shape index (κ1) is 10.1. The summed E-state index contributed by atoms with van der Waals surface area (Å²) in [6, 6.07) is -0.305. The molecule has 1 atom stereocenters. The predicted octanol–water partition coefficient (Wildman–Crippen LogP) is -1.37. The van der Waals surface area contributed by atoms with Crippen molar-refractivity contribution in [2.45, 2.75) is 12.5 Å². The minimum absolute atomic E-state index is 0.112. The molecule has 0 bridgehead atoms. The molecule has 5 nitrogen and oxygen atoms in total. The summed E-state index contributed by atoms with van der Waals surface area (Å²) in [5, 5.41) is 0. The fourth-order valence-electron chi connectivity index (χ4n) is 1.44. The van der Waals surface area contributed by atoms with Gasteiger partial charge in [-0.25, -0.2) is 0 Å². The van der Waals surface area contributed by atoms with Crippen LogP contribution < -0.4 is 5.73 Å². The van der Waals surface area contributed by atoms with Gasteiger partial charge in [0.25, 0.3) is 0 Å². The van der Waals surface area contributed by atoms with Crippen LogP contribution in [0.5, 0.6) is 0 Å². The third-order valence-corrected chi connectivity index (χ3v) is 2.37. The van der Waals surface area contributed by atoms with Crippen molar-refractivity contribution in [2.75, 3.05) is 27.2 Å². The minimum Gasteiger partial charge on any atom is -0.329 e. The summed E-state index contributed by atoms with van der Waals surface area (Å²) in [6.45, 7) is 1.13. The molecule has 1 aliphatic rings. The van der Waals surface area contributed by atoms with Crippen LogP contribution in [0.25, 0.3) is 0 Å². The minimum atomic E-state index is -0.305. The van der Waals surface area contributed by atoms with E-state index in [1.54, 1.807) is 0 Å². The maximum absolute atomic E-state index is 11.5. The van der Waals surface area contributed by atoms with E-state index in [9.17, 15) is 9.59 Å². The van der Waals surface area contributed by atoms with Crippen molar-refractivity contribution in [2.24, 2.45) is 5.73 Å². The SMILES string of the molecule is CN1C(=O)CC(N(C)CCN)C1=O. The Morgan fingerprint density at radius 3 is 2.62 bits per heavy atom. The van der Waals surface area contributed by atoms with Gasteiger partial charge in [-0.05, 0) is 7.05 Å². The lowest BCUT2D eigenvalue weighted by molar-refractivity contribution is -0.137. The predicted molar refractivity (Wildman–Crippen MR) is 47.9 cm³/mol. The van der Waals surface area contributed by atoms with Crippen molar-refractivity contribution in [3.8, 4) is 0 Å². The van der Waals surface area contributed by atoms with Crippen LogP contribution >= 0.6 is 0 Å². The molecule has 1 unspecified atom stereocenters. The van der Waals surface area contributed by atoms with E-state index in [4.69, 9.17) is 5.73 Å². The number of carbonyl (C=O) groups excluding carboxylic acids is 2. The number of rotatable bonds is 3. The lowest BCUT2D eigenvalue weighted by Crippen LogP contribution is -2.40. The van der Waals surface area contributed by atoms with Gasteiger partial charge < -0.3 is 5.73 Å². The van der Waals surface area contributed by atoms with Crippen LogP contribution in [-0.2, 0) is 9.59 Å². The summed E-state index contributed by atoms with van der Waals surface area (Å²) in [7, 11) is 3.32. The van der Waals surface area contributed by atoms with Gasteiger partial charge >= 0.3 is 0 Å². The summed E-state index contributed by atoms with van der Waals surface area (Å²) >= 11 is 0. The Kier molecular flexibility index (Phi) is 3.00. The lowest BCUT2D eigenvalue weighted by Gasteiger charge is -2.20. The number of hydrogen-bond donors (Lipinski definition) is 1. The van der Waals surface area contributed by atoms with Gasteiger partial charge in [0.05, 0.1) is 12.5 Å². The largest absolute Gasteiger partial charge is 0.329 e. The molecule has 1 fully saturated rings. The number of carbonyl (C=O) groups is 2. The second-order valence-electron chi connectivity index (χ2n) is 3.28. The molecule has 13 heavy (non-hydrogen) atoms. The number of likely N-dealkylation sites (N-methyl/N-ethyl adjacent to an activating group) is 2. The normalized spacial score (nSPS) is 23.4. The van der Waals surface area contributed by atoms with Crippen molar-refractivity contribution in [3.63, 3.8) is 0 Å². The summed E-state index contributed by atoms with van der Waals surface area (Å²) in [5.74, 6) is -0.236. The van der Waals surface area contributed by atoms with Crippen LogP contribution in [0.15, 0.2) is 0 Å². The van der Waals surface area contributed by atoms with E-state index < -0.39 is 0 Å². The molecule has 2 amide bonds. The molecule has 0 spiro atoms. The molecule has 2 N–H and O–H groups in total. The molecule has 74 valence electrons. The standard InChI is InChI=1S/C8H15N3O2/c1-10(4-3-9)6-5-7(12)11(2)8(6)13/h6H,3-5,9H2,1-2H3. The smallest absolute Gasteiger partial charge is 0.246 e. The Balaban J connectivity index is 2.62. The first-order valence-corrected chi connectivity index (χ1v) is 4.28. The van der Waals surface area contributed by atoms with Gasteiger partial charge in [-0.2, -0.15) is 0 Å². The van der Waals surface area contributed by atoms with Crippen LogP contribution in [0.4, 0.5) is 0 Å². The maximum atomic E-state index is 11.5. The summed E-state index contributed by atoms with van der Waals surface area (Å²) in [5.41, 5.74) is 5.36. The van der Waals surface area contributed by atoms with Gasteiger partial charge in [0.2, 0.25) is 11.8 Å². The van der Waals surface area contributed by atoms with Crippen molar-refractivity contribution >= 4 is 11.8 Å². The lowest BCUT2D eigenvalue weighted by atomic mass is 10.2. The van der Waals surface area contributed by atoms with Crippen LogP contribution in [-0.4, -0.2) is 54.8 Å². The third kappa shape index (κ3) is 1.87. The summed E-state index contributed by atoms with van der Waals surface area (Å²) < 4.78 is 0. The summed E-state index contributed by atoms with van der Waals surface area (Å²) in [4.78, 5) is 25.6. The molecule has 1 heterocycles. The zero-order valence-electron chi connectivity index (χ0n) is 7.99. The molecule has 0 aliphatic carbocycles. The topological polar surface area (TPSA) is 66.6 Å². The second kappa shape index (κ2) is 3.85.